The third kappa shape index (κ3) is 2.20. The van der Waals surface area contributed by atoms with Crippen LogP contribution in [0.4, 0.5) is 13.2 Å². The maximum absolute atomic E-state index is 12.9. The molecule has 0 bridgehead atoms. The predicted octanol–water partition coefficient (Wildman–Crippen LogP) is 3.50. The molecule has 0 saturated carbocycles. The molecule has 1 aromatic carbocycles. The molecule has 0 saturated heterocycles. The molecular formula is C11H9ClF3N3. The molecule has 1 heterocycles. The molecule has 0 aliphatic carbocycles. The van der Waals surface area contributed by atoms with E-state index >= 15 is 0 Å². The third-order valence-electron chi connectivity index (χ3n) is 2.46. The number of hydrogen-bond donors (Lipinski definition) is 0. The van der Waals surface area contributed by atoms with Crippen molar-refractivity contribution in [2.75, 3.05) is 0 Å². The Labute approximate surface area is 106 Å². The SMILES string of the molecule is CCc1nnc(Cl)n1-c1ccccc1C(F)(F)F. The standard InChI is InChI=1S/C11H9ClF3N3/c1-2-9-16-17-10(12)18(9)8-6-4-3-5-7(8)11(13,14)15/h3-6H,2H2,1H3. The predicted molar refractivity (Wildman–Crippen MR) is 60.7 cm³/mol. The van der Waals surface area contributed by atoms with Gasteiger partial charge in [-0.2, -0.15) is 13.2 Å². The van der Waals surface area contributed by atoms with Crippen molar-refractivity contribution in [3.05, 3.63) is 40.9 Å². The number of aryl methyl sites for hydroxylation is 1. The van der Waals surface area contributed by atoms with E-state index in [1.807, 2.05) is 0 Å². The van der Waals surface area contributed by atoms with E-state index in [0.29, 0.717) is 12.2 Å². The van der Waals surface area contributed by atoms with Crippen molar-refractivity contribution in [2.24, 2.45) is 0 Å². The molecule has 1 aromatic heterocycles. The molecule has 18 heavy (non-hydrogen) atoms. The van der Waals surface area contributed by atoms with Crippen molar-refractivity contribution in [1.82, 2.24) is 14.8 Å². The number of rotatable bonds is 2. The van der Waals surface area contributed by atoms with E-state index in [9.17, 15) is 13.2 Å². The number of halogens is 4. The van der Waals surface area contributed by atoms with Crippen LogP contribution in [0.15, 0.2) is 24.3 Å². The van der Waals surface area contributed by atoms with Gasteiger partial charge in [-0.25, -0.2) is 0 Å². The maximum atomic E-state index is 12.9. The van der Waals surface area contributed by atoms with Crippen LogP contribution in [0.2, 0.25) is 5.28 Å². The molecule has 3 nitrogen and oxygen atoms in total. The van der Waals surface area contributed by atoms with Gasteiger partial charge in [-0.05, 0) is 23.7 Å². The molecule has 0 fully saturated rings. The molecule has 2 rings (SSSR count). The van der Waals surface area contributed by atoms with Crippen molar-refractivity contribution in [2.45, 2.75) is 19.5 Å². The van der Waals surface area contributed by atoms with Crippen molar-refractivity contribution < 1.29 is 13.2 Å². The summed E-state index contributed by atoms with van der Waals surface area (Å²) in [6.07, 6.45) is -4.01. The Hall–Kier alpha value is -1.56. The molecule has 0 aliphatic heterocycles. The highest BCUT2D eigenvalue weighted by Gasteiger charge is 2.34. The molecule has 0 unspecified atom stereocenters. The Kier molecular flexibility index (Phi) is 3.30. The molecule has 0 spiro atoms. The molecule has 96 valence electrons. The Bertz CT molecular complexity index is 563. The van der Waals surface area contributed by atoms with Crippen LogP contribution in [-0.4, -0.2) is 14.8 Å². The Balaban J connectivity index is 2.68. The normalized spacial score (nSPS) is 11.8. The third-order valence-corrected chi connectivity index (χ3v) is 2.70. The topological polar surface area (TPSA) is 30.7 Å². The first-order valence-electron chi connectivity index (χ1n) is 5.21. The van der Waals surface area contributed by atoms with Crippen LogP contribution in [-0.2, 0) is 12.6 Å². The molecule has 2 aromatic rings. The van der Waals surface area contributed by atoms with Gasteiger partial charge in [0.25, 0.3) is 0 Å². The Morgan fingerprint density at radius 3 is 2.50 bits per heavy atom. The summed E-state index contributed by atoms with van der Waals surface area (Å²) in [6.45, 7) is 1.77. The Morgan fingerprint density at radius 2 is 1.89 bits per heavy atom. The molecule has 0 amide bonds. The number of hydrogen-bond acceptors (Lipinski definition) is 2. The minimum atomic E-state index is -4.45. The number of benzene rings is 1. The molecule has 0 atom stereocenters. The van der Waals surface area contributed by atoms with Crippen molar-refractivity contribution in [3.63, 3.8) is 0 Å². The van der Waals surface area contributed by atoms with E-state index < -0.39 is 11.7 Å². The van der Waals surface area contributed by atoms with Crippen LogP contribution < -0.4 is 0 Å². The van der Waals surface area contributed by atoms with Gasteiger partial charge in [-0.1, -0.05) is 19.1 Å². The van der Waals surface area contributed by atoms with E-state index in [0.717, 1.165) is 6.07 Å². The first-order chi connectivity index (χ1) is 8.45. The lowest BCUT2D eigenvalue weighted by Gasteiger charge is -2.14. The largest absolute Gasteiger partial charge is 0.418 e. The second-order valence-corrected chi connectivity index (χ2v) is 3.93. The van der Waals surface area contributed by atoms with Gasteiger partial charge in [0.2, 0.25) is 5.28 Å². The van der Waals surface area contributed by atoms with Crippen LogP contribution in [0.25, 0.3) is 5.69 Å². The van der Waals surface area contributed by atoms with Crippen LogP contribution >= 0.6 is 11.6 Å². The number of para-hydroxylation sites is 1. The highest BCUT2D eigenvalue weighted by molar-refractivity contribution is 6.28. The minimum absolute atomic E-state index is 0.0585. The van der Waals surface area contributed by atoms with Gasteiger partial charge in [-0.15, -0.1) is 10.2 Å². The van der Waals surface area contributed by atoms with E-state index in [2.05, 4.69) is 10.2 Å². The lowest BCUT2D eigenvalue weighted by molar-refractivity contribution is -0.137. The summed E-state index contributed by atoms with van der Waals surface area (Å²) >= 11 is 5.80. The van der Waals surface area contributed by atoms with E-state index in [-0.39, 0.29) is 11.0 Å². The molecule has 0 N–H and O–H groups in total. The zero-order chi connectivity index (χ0) is 13.3. The lowest BCUT2D eigenvalue weighted by atomic mass is 10.1. The van der Waals surface area contributed by atoms with Crippen LogP contribution in [0.1, 0.15) is 18.3 Å². The summed E-state index contributed by atoms with van der Waals surface area (Å²) in [5.41, 5.74) is -0.821. The minimum Gasteiger partial charge on any atom is -0.269 e. The zero-order valence-electron chi connectivity index (χ0n) is 9.37. The van der Waals surface area contributed by atoms with Crippen LogP contribution in [0.3, 0.4) is 0 Å². The maximum Gasteiger partial charge on any atom is 0.418 e. The average molecular weight is 276 g/mol. The quantitative estimate of drug-likeness (QED) is 0.840. The first-order valence-corrected chi connectivity index (χ1v) is 5.59. The fraction of sp³-hybridized carbons (Fsp3) is 0.273. The van der Waals surface area contributed by atoms with Crippen molar-refractivity contribution >= 4 is 11.6 Å². The van der Waals surface area contributed by atoms with Crippen LogP contribution in [0, 0.1) is 0 Å². The van der Waals surface area contributed by atoms with Gasteiger partial charge in [-0.3, -0.25) is 4.57 Å². The summed E-state index contributed by atoms with van der Waals surface area (Å²) in [7, 11) is 0. The smallest absolute Gasteiger partial charge is 0.269 e. The summed E-state index contributed by atoms with van der Waals surface area (Å²) in [4.78, 5) is 0. The van der Waals surface area contributed by atoms with Crippen molar-refractivity contribution in [3.8, 4) is 5.69 Å². The first kappa shape index (κ1) is 12.9. The fourth-order valence-corrected chi connectivity index (χ4v) is 1.90. The Morgan fingerprint density at radius 1 is 1.22 bits per heavy atom. The number of aromatic nitrogens is 3. The van der Waals surface area contributed by atoms with Gasteiger partial charge in [0.1, 0.15) is 5.82 Å². The van der Waals surface area contributed by atoms with Gasteiger partial charge in [0.15, 0.2) is 0 Å². The van der Waals surface area contributed by atoms with Crippen molar-refractivity contribution in [1.29, 1.82) is 0 Å². The number of nitrogens with zero attached hydrogens (tertiary/aromatic N) is 3. The molecule has 0 radical (unpaired) electrons. The second-order valence-electron chi connectivity index (χ2n) is 3.59. The van der Waals surface area contributed by atoms with E-state index in [1.165, 1.54) is 22.8 Å². The fourth-order valence-electron chi connectivity index (χ4n) is 1.67. The summed E-state index contributed by atoms with van der Waals surface area (Å²) < 4.78 is 39.9. The number of alkyl halides is 3. The zero-order valence-corrected chi connectivity index (χ0v) is 10.1. The summed E-state index contributed by atoms with van der Waals surface area (Å²) in [5, 5.41) is 7.27. The highest BCUT2D eigenvalue weighted by Crippen LogP contribution is 2.34. The van der Waals surface area contributed by atoms with Gasteiger partial charge < -0.3 is 0 Å². The van der Waals surface area contributed by atoms with Gasteiger partial charge >= 0.3 is 6.18 Å². The van der Waals surface area contributed by atoms with Gasteiger partial charge in [0, 0.05) is 6.42 Å². The average Bonchev–Trinajstić information content (AvgIpc) is 2.69. The summed E-state index contributed by atoms with van der Waals surface area (Å²) in [6, 6.07) is 5.19. The van der Waals surface area contributed by atoms with E-state index in [4.69, 9.17) is 11.6 Å². The molecule has 0 aliphatic rings. The highest BCUT2D eigenvalue weighted by atomic mass is 35.5. The monoisotopic (exact) mass is 275 g/mol. The van der Waals surface area contributed by atoms with Gasteiger partial charge in [0.05, 0.1) is 11.3 Å². The molecular weight excluding hydrogens is 267 g/mol. The second kappa shape index (κ2) is 4.61. The van der Waals surface area contributed by atoms with E-state index in [1.54, 1.807) is 6.92 Å². The lowest BCUT2D eigenvalue weighted by Crippen LogP contribution is -2.12. The van der Waals surface area contributed by atoms with Crippen LogP contribution in [0.5, 0.6) is 0 Å². The molecule has 7 heteroatoms. The summed E-state index contributed by atoms with van der Waals surface area (Å²) in [5.74, 6) is 0.386.